The lowest BCUT2D eigenvalue weighted by Crippen LogP contribution is -2.28. The number of aromatic hydroxyl groups is 1. The summed E-state index contributed by atoms with van der Waals surface area (Å²) in [5.41, 5.74) is 6.84. The van der Waals surface area contributed by atoms with Crippen LogP contribution >= 0.6 is 0 Å². The number of carbonyl (C=O) groups is 1. The maximum absolute atomic E-state index is 11.7. The molecule has 4 nitrogen and oxygen atoms in total. The molecule has 1 aromatic rings. The van der Waals surface area contributed by atoms with Gasteiger partial charge in [0, 0.05) is 23.7 Å². The number of hydrogen-bond donors (Lipinski definition) is 3. The van der Waals surface area contributed by atoms with Gasteiger partial charge in [0.05, 0.1) is 0 Å². The molecule has 1 rings (SSSR count). The third-order valence-corrected chi connectivity index (χ3v) is 2.73. The van der Waals surface area contributed by atoms with E-state index >= 15 is 0 Å². The predicted molar refractivity (Wildman–Crippen MR) is 68.4 cm³/mol. The Morgan fingerprint density at radius 1 is 1.53 bits per heavy atom. The topological polar surface area (TPSA) is 75.4 Å². The van der Waals surface area contributed by atoms with Gasteiger partial charge < -0.3 is 16.2 Å². The van der Waals surface area contributed by atoms with Crippen molar-refractivity contribution >= 4 is 11.6 Å². The molecule has 17 heavy (non-hydrogen) atoms. The van der Waals surface area contributed by atoms with Crippen molar-refractivity contribution < 1.29 is 9.90 Å². The van der Waals surface area contributed by atoms with E-state index in [1.54, 1.807) is 12.1 Å². The molecule has 0 spiro atoms. The first kappa shape index (κ1) is 13.4. The number of rotatable bonds is 5. The lowest BCUT2D eigenvalue weighted by molar-refractivity contribution is -0.124. The maximum atomic E-state index is 11.7. The average molecular weight is 236 g/mol. The van der Waals surface area contributed by atoms with Crippen LogP contribution in [-0.4, -0.2) is 11.0 Å². The van der Waals surface area contributed by atoms with Gasteiger partial charge in [-0.3, -0.25) is 4.79 Å². The van der Waals surface area contributed by atoms with Crippen molar-refractivity contribution in [2.24, 2.45) is 5.92 Å². The fourth-order valence-electron chi connectivity index (χ4n) is 1.67. The average Bonchev–Trinajstić information content (AvgIpc) is 2.30. The zero-order chi connectivity index (χ0) is 12.8. The second-order valence-electron chi connectivity index (χ2n) is 4.30. The van der Waals surface area contributed by atoms with Crippen LogP contribution in [0.4, 0.5) is 5.69 Å². The Kier molecular flexibility index (Phi) is 4.82. The molecule has 0 fully saturated rings. The highest BCUT2D eigenvalue weighted by atomic mass is 16.3. The summed E-state index contributed by atoms with van der Waals surface area (Å²) >= 11 is 0. The molecule has 0 aliphatic heterocycles. The minimum absolute atomic E-state index is 0.00296. The summed E-state index contributed by atoms with van der Waals surface area (Å²) in [6.45, 7) is 4.26. The first-order valence-corrected chi connectivity index (χ1v) is 5.89. The highest BCUT2D eigenvalue weighted by molar-refractivity contribution is 5.78. The molecule has 1 atom stereocenters. The number of nitrogens with one attached hydrogen (secondary N) is 1. The van der Waals surface area contributed by atoms with Crippen LogP contribution in [0.15, 0.2) is 18.2 Å². The van der Waals surface area contributed by atoms with E-state index in [1.807, 2.05) is 13.8 Å². The van der Waals surface area contributed by atoms with Crippen LogP contribution < -0.4 is 11.1 Å². The third-order valence-electron chi connectivity index (χ3n) is 2.73. The van der Waals surface area contributed by atoms with Crippen molar-refractivity contribution in [1.29, 1.82) is 0 Å². The van der Waals surface area contributed by atoms with Gasteiger partial charge in [-0.15, -0.1) is 0 Å². The molecule has 0 aromatic heterocycles. The zero-order valence-corrected chi connectivity index (χ0v) is 10.4. The maximum Gasteiger partial charge on any atom is 0.223 e. The number of phenols is 1. The van der Waals surface area contributed by atoms with Crippen LogP contribution in [-0.2, 0) is 11.3 Å². The molecule has 0 saturated heterocycles. The number of phenolic OH excluding ortho intramolecular Hbond substituents is 1. The Balaban J connectivity index is 2.55. The van der Waals surface area contributed by atoms with E-state index in [4.69, 9.17) is 5.73 Å². The van der Waals surface area contributed by atoms with E-state index < -0.39 is 0 Å². The molecule has 94 valence electrons. The molecule has 0 aliphatic carbocycles. The first-order valence-electron chi connectivity index (χ1n) is 5.89. The number of benzene rings is 1. The van der Waals surface area contributed by atoms with E-state index in [0.717, 1.165) is 12.8 Å². The minimum Gasteiger partial charge on any atom is -0.508 e. The third kappa shape index (κ3) is 3.98. The zero-order valence-electron chi connectivity index (χ0n) is 10.4. The number of hydrogen-bond acceptors (Lipinski definition) is 3. The van der Waals surface area contributed by atoms with Gasteiger partial charge in [-0.1, -0.05) is 20.3 Å². The Morgan fingerprint density at radius 3 is 2.88 bits per heavy atom. The van der Waals surface area contributed by atoms with Gasteiger partial charge in [0.1, 0.15) is 5.75 Å². The fourth-order valence-corrected chi connectivity index (χ4v) is 1.67. The van der Waals surface area contributed by atoms with Crippen molar-refractivity contribution in [3.05, 3.63) is 23.8 Å². The second-order valence-corrected chi connectivity index (χ2v) is 4.30. The summed E-state index contributed by atoms with van der Waals surface area (Å²) in [4.78, 5) is 11.7. The van der Waals surface area contributed by atoms with Gasteiger partial charge in [-0.05, 0) is 24.6 Å². The molecular formula is C13H20N2O2. The lowest BCUT2D eigenvalue weighted by atomic mass is 10.1. The summed E-state index contributed by atoms with van der Waals surface area (Å²) in [5.74, 6) is 0.166. The molecule has 0 aliphatic rings. The van der Waals surface area contributed by atoms with Crippen LogP contribution in [0.3, 0.4) is 0 Å². The van der Waals surface area contributed by atoms with Gasteiger partial charge in [0.15, 0.2) is 0 Å². The minimum atomic E-state index is 0.00296. The number of amides is 1. The van der Waals surface area contributed by atoms with Gasteiger partial charge in [-0.25, -0.2) is 0 Å². The van der Waals surface area contributed by atoms with Crippen molar-refractivity contribution in [3.63, 3.8) is 0 Å². The van der Waals surface area contributed by atoms with Crippen LogP contribution in [0.25, 0.3) is 0 Å². The van der Waals surface area contributed by atoms with E-state index in [1.165, 1.54) is 6.07 Å². The highest BCUT2D eigenvalue weighted by Crippen LogP contribution is 2.19. The van der Waals surface area contributed by atoms with Gasteiger partial charge in [0.2, 0.25) is 5.91 Å². The number of anilines is 1. The largest absolute Gasteiger partial charge is 0.508 e. The summed E-state index contributed by atoms with van der Waals surface area (Å²) in [7, 11) is 0. The standard InChI is InChI=1S/C13H20N2O2/c1-3-4-9(2)13(17)15-8-10-7-11(14)5-6-12(10)16/h5-7,9,16H,3-4,8,14H2,1-2H3,(H,15,17). The molecule has 1 aromatic carbocycles. The molecule has 4 heteroatoms. The van der Waals surface area contributed by atoms with E-state index in [2.05, 4.69) is 5.32 Å². The predicted octanol–water partition coefficient (Wildman–Crippen LogP) is 2.03. The van der Waals surface area contributed by atoms with Crippen molar-refractivity contribution in [1.82, 2.24) is 5.32 Å². The first-order chi connectivity index (χ1) is 8.04. The van der Waals surface area contributed by atoms with Gasteiger partial charge >= 0.3 is 0 Å². The SMILES string of the molecule is CCCC(C)C(=O)NCc1cc(N)ccc1O. The molecule has 0 heterocycles. The quantitative estimate of drug-likeness (QED) is 0.541. The molecule has 0 bridgehead atoms. The van der Waals surface area contributed by atoms with Crippen molar-refractivity contribution in [2.75, 3.05) is 5.73 Å². The lowest BCUT2D eigenvalue weighted by Gasteiger charge is -2.12. The Hall–Kier alpha value is -1.71. The monoisotopic (exact) mass is 236 g/mol. The van der Waals surface area contributed by atoms with Crippen LogP contribution in [0, 0.1) is 5.92 Å². The molecule has 0 radical (unpaired) electrons. The Morgan fingerprint density at radius 2 is 2.24 bits per heavy atom. The molecule has 1 amide bonds. The van der Waals surface area contributed by atoms with Crippen LogP contribution in [0.1, 0.15) is 32.3 Å². The number of nitrogens with two attached hydrogens (primary N) is 1. The summed E-state index contributed by atoms with van der Waals surface area (Å²) < 4.78 is 0. The second kappa shape index (κ2) is 6.13. The number of nitrogen functional groups attached to an aromatic ring is 1. The van der Waals surface area contributed by atoms with E-state index in [-0.39, 0.29) is 17.6 Å². The summed E-state index contributed by atoms with van der Waals surface area (Å²) in [6, 6.07) is 4.83. The van der Waals surface area contributed by atoms with Gasteiger partial charge in [0.25, 0.3) is 0 Å². The normalized spacial score (nSPS) is 12.1. The molecule has 1 unspecified atom stereocenters. The highest BCUT2D eigenvalue weighted by Gasteiger charge is 2.11. The molecular weight excluding hydrogens is 216 g/mol. The van der Waals surface area contributed by atoms with Crippen LogP contribution in [0.5, 0.6) is 5.75 Å². The summed E-state index contributed by atoms with van der Waals surface area (Å²) in [5, 5.41) is 12.4. The summed E-state index contributed by atoms with van der Waals surface area (Å²) in [6.07, 6.45) is 1.85. The Labute approximate surface area is 102 Å². The molecule has 0 saturated carbocycles. The number of carbonyl (C=O) groups excluding carboxylic acids is 1. The van der Waals surface area contributed by atoms with Gasteiger partial charge in [-0.2, -0.15) is 0 Å². The Bertz CT molecular complexity index is 391. The molecule has 4 N–H and O–H groups in total. The van der Waals surface area contributed by atoms with Crippen molar-refractivity contribution in [3.8, 4) is 5.75 Å². The van der Waals surface area contributed by atoms with Crippen LogP contribution in [0.2, 0.25) is 0 Å². The van der Waals surface area contributed by atoms with E-state index in [9.17, 15) is 9.90 Å². The van der Waals surface area contributed by atoms with Crippen molar-refractivity contribution in [2.45, 2.75) is 33.2 Å². The fraction of sp³-hybridized carbons (Fsp3) is 0.462. The smallest absolute Gasteiger partial charge is 0.223 e. The van der Waals surface area contributed by atoms with E-state index in [0.29, 0.717) is 17.8 Å².